The van der Waals surface area contributed by atoms with Gasteiger partial charge in [-0.1, -0.05) is 12.1 Å². The van der Waals surface area contributed by atoms with Gasteiger partial charge in [-0.25, -0.2) is 0 Å². The fourth-order valence-corrected chi connectivity index (χ4v) is 2.60. The zero-order chi connectivity index (χ0) is 13.2. The van der Waals surface area contributed by atoms with Crippen LogP contribution < -0.4 is 5.06 Å². The lowest BCUT2D eigenvalue weighted by Gasteiger charge is -2.29. The lowest BCUT2D eigenvalue weighted by molar-refractivity contribution is -0.732. The molecule has 2 aliphatic rings. The first-order chi connectivity index (χ1) is 9.25. The predicted octanol–water partition coefficient (Wildman–Crippen LogP) is 1.25. The van der Waals surface area contributed by atoms with Crippen LogP contribution in [0.15, 0.2) is 36.2 Å². The van der Waals surface area contributed by atoms with Crippen LogP contribution in [0.5, 0.6) is 0 Å². The molecular weight excluding hydrogens is 242 g/mol. The fraction of sp³-hybridized carbons (Fsp3) is 0.357. The monoisotopic (exact) mass is 259 g/mol. The average molecular weight is 259 g/mol. The van der Waals surface area contributed by atoms with E-state index < -0.39 is 0 Å². The molecule has 1 aromatic carbocycles. The second kappa shape index (κ2) is 5.03. The summed E-state index contributed by atoms with van der Waals surface area (Å²) in [5, 5.41) is 24.2. The second-order valence-corrected chi connectivity index (χ2v) is 4.98. The maximum atomic E-state index is 12.3. The quantitative estimate of drug-likeness (QED) is 0.610. The van der Waals surface area contributed by atoms with Gasteiger partial charge in [0.1, 0.15) is 0 Å². The number of likely N-dealkylation sites (tertiary alicyclic amines) is 1. The Morgan fingerprint density at radius 3 is 2.68 bits per heavy atom. The largest absolute Gasteiger partial charge is 0.623 e. The van der Waals surface area contributed by atoms with Crippen LogP contribution in [0.1, 0.15) is 19.3 Å². The standard InChI is InChI=1S/C14H17N3O2/c18-16-11-12(10-15-8-4-1-5-9-15)17(19)14-7-3-2-6-13(14)16/h2-3,6-7,10-11,17H,1,4-5,8-9H2. The maximum absolute atomic E-state index is 12.3. The van der Waals surface area contributed by atoms with E-state index in [1.807, 2.05) is 6.20 Å². The van der Waals surface area contributed by atoms with E-state index in [2.05, 4.69) is 4.90 Å². The van der Waals surface area contributed by atoms with E-state index >= 15 is 0 Å². The molecule has 0 bridgehead atoms. The molecule has 1 aromatic rings. The maximum Gasteiger partial charge on any atom is 0.278 e. The normalized spacial score (nSPS) is 25.1. The SMILES string of the molecule is [O-][N+]1=CC(=CN2CCCCC2)[NH+]([O-])c2ccccc21. The molecule has 1 fully saturated rings. The summed E-state index contributed by atoms with van der Waals surface area (Å²) in [4.78, 5) is 2.13. The molecule has 5 nitrogen and oxygen atoms in total. The fourth-order valence-electron chi connectivity index (χ4n) is 2.60. The molecule has 0 radical (unpaired) electrons. The minimum absolute atomic E-state index is 0.0618. The highest BCUT2D eigenvalue weighted by atomic mass is 16.5. The van der Waals surface area contributed by atoms with Gasteiger partial charge in [0.2, 0.25) is 17.6 Å². The lowest BCUT2D eigenvalue weighted by atomic mass is 10.1. The first-order valence-corrected chi connectivity index (χ1v) is 6.66. The van der Waals surface area contributed by atoms with E-state index in [-0.39, 0.29) is 5.06 Å². The Morgan fingerprint density at radius 1 is 1.16 bits per heavy atom. The Balaban J connectivity index is 1.92. The Bertz CT molecular complexity index is 533. The van der Waals surface area contributed by atoms with Gasteiger partial charge >= 0.3 is 0 Å². The van der Waals surface area contributed by atoms with E-state index in [0.717, 1.165) is 30.7 Å². The molecule has 3 rings (SSSR count). The number of hydroxylamine groups is 1. The number of rotatable bonds is 1. The minimum Gasteiger partial charge on any atom is -0.623 e. The van der Waals surface area contributed by atoms with Crippen LogP contribution in [-0.4, -0.2) is 28.9 Å². The Morgan fingerprint density at radius 2 is 1.89 bits per heavy atom. The first-order valence-electron chi connectivity index (χ1n) is 6.66. The molecule has 100 valence electrons. The van der Waals surface area contributed by atoms with Crippen LogP contribution in [-0.2, 0) is 0 Å². The zero-order valence-corrected chi connectivity index (χ0v) is 10.7. The third-order valence-electron chi connectivity index (χ3n) is 3.62. The number of nitrogens with one attached hydrogen (secondary N) is 1. The van der Waals surface area contributed by atoms with Crippen LogP contribution in [0.25, 0.3) is 0 Å². The van der Waals surface area contributed by atoms with Gasteiger partial charge < -0.3 is 15.3 Å². The number of benzene rings is 1. The molecule has 0 amide bonds. The molecule has 2 aliphatic heterocycles. The molecule has 0 aliphatic carbocycles. The Labute approximate surface area is 112 Å². The molecule has 1 N–H and O–H groups in total. The van der Waals surface area contributed by atoms with Crippen molar-refractivity contribution in [3.8, 4) is 0 Å². The molecule has 19 heavy (non-hydrogen) atoms. The van der Waals surface area contributed by atoms with Crippen LogP contribution in [0.3, 0.4) is 0 Å². The Hall–Kier alpha value is -1.85. The van der Waals surface area contributed by atoms with Crippen molar-refractivity contribution in [2.24, 2.45) is 0 Å². The summed E-state index contributed by atoms with van der Waals surface area (Å²) >= 11 is 0. The number of para-hydroxylation sites is 2. The molecule has 0 spiro atoms. The van der Waals surface area contributed by atoms with E-state index in [0.29, 0.717) is 17.1 Å². The van der Waals surface area contributed by atoms with Gasteiger partial charge in [0, 0.05) is 25.2 Å². The molecule has 1 saturated heterocycles. The van der Waals surface area contributed by atoms with Crippen molar-refractivity contribution < 1.29 is 9.80 Å². The van der Waals surface area contributed by atoms with Crippen molar-refractivity contribution in [3.05, 3.63) is 46.6 Å². The molecular formula is C14H17N3O2. The van der Waals surface area contributed by atoms with Gasteiger partial charge in [0.15, 0.2) is 0 Å². The second-order valence-electron chi connectivity index (χ2n) is 4.98. The number of nitrogens with zero attached hydrogens (tertiary/aromatic N) is 2. The predicted molar refractivity (Wildman–Crippen MR) is 73.3 cm³/mol. The summed E-state index contributed by atoms with van der Waals surface area (Å²) in [6.45, 7) is 1.93. The summed E-state index contributed by atoms with van der Waals surface area (Å²) in [6.07, 6.45) is 6.76. The van der Waals surface area contributed by atoms with E-state index in [9.17, 15) is 10.4 Å². The van der Waals surface area contributed by atoms with E-state index in [1.165, 1.54) is 12.6 Å². The molecule has 0 saturated carbocycles. The molecule has 1 atom stereocenters. The molecule has 2 heterocycles. The summed E-state index contributed by atoms with van der Waals surface area (Å²) in [5.41, 5.74) is 1.40. The van der Waals surface area contributed by atoms with Crippen molar-refractivity contribution in [3.63, 3.8) is 0 Å². The van der Waals surface area contributed by atoms with Gasteiger partial charge in [0.25, 0.3) is 5.69 Å². The van der Waals surface area contributed by atoms with Crippen molar-refractivity contribution in [2.45, 2.75) is 19.3 Å². The van der Waals surface area contributed by atoms with Crippen molar-refractivity contribution in [2.75, 3.05) is 13.1 Å². The van der Waals surface area contributed by atoms with Crippen LogP contribution >= 0.6 is 0 Å². The number of hydrogen-bond acceptors (Lipinski definition) is 3. The Kier molecular flexibility index (Phi) is 3.23. The number of allylic oxidation sites excluding steroid dienone is 1. The van der Waals surface area contributed by atoms with Gasteiger partial charge in [-0.15, -0.1) is 0 Å². The first kappa shape index (κ1) is 12.2. The van der Waals surface area contributed by atoms with Crippen LogP contribution in [0.2, 0.25) is 0 Å². The topological polar surface area (TPSA) is 56.8 Å². The summed E-state index contributed by atoms with van der Waals surface area (Å²) in [5.74, 6) is 0. The molecule has 5 heteroatoms. The third-order valence-corrected chi connectivity index (χ3v) is 3.62. The van der Waals surface area contributed by atoms with E-state index in [1.54, 1.807) is 24.3 Å². The highest BCUT2D eigenvalue weighted by Crippen LogP contribution is 2.22. The number of fused-ring (bicyclic) bond motifs is 1. The third kappa shape index (κ3) is 2.34. The summed E-state index contributed by atoms with van der Waals surface area (Å²) in [7, 11) is 0. The van der Waals surface area contributed by atoms with Gasteiger partial charge in [-0.05, 0) is 19.3 Å². The average Bonchev–Trinajstić information content (AvgIpc) is 2.46. The number of quaternary nitrogens is 1. The van der Waals surface area contributed by atoms with Gasteiger partial charge in [-0.3, -0.25) is 5.06 Å². The van der Waals surface area contributed by atoms with Crippen molar-refractivity contribution >= 4 is 17.6 Å². The highest BCUT2D eigenvalue weighted by Gasteiger charge is 2.26. The minimum atomic E-state index is -0.0618. The highest BCUT2D eigenvalue weighted by molar-refractivity contribution is 5.76. The summed E-state index contributed by atoms with van der Waals surface area (Å²) in [6, 6.07) is 6.94. The lowest BCUT2D eigenvalue weighted by Crippen LogP contribution is -3.01. The molecule has 1 unspecified atom stereocenters. The van der Waals surface area contributed by atoms with Crippen molar-refractivity contribution in [1.82, 2.24) is 4.90 Å². The summed E-state index contributed by atoms with van der Waals surface area (Å²) < 4.78 is 0.784. The van der Waals surface area contributed by atoms with Crippen molar-refractivity contribution in [1.29, 1.82) is 0 Å². The van der Waals surface area contributed by atoms with Gasteiger partial charge in [-0.2, -0.15) is 4.74 Å². The van der Waals surface area contributed by atoms with Crippen LogP contribution in [0, 0.1) is 10.4 Å². The van der Waals surface area contributed by atoms with Gasteiger partial charge in [0.05, 0.1) is 6.20 Å². The molecule has 0 aromatic heterocycles. The smallest absolute Gasteiger partial charge is 0.278 e. The van der Waals surface area contributed by atoms with E-state index in [4.69, 9.17) is 0 Å². The zero-order valence-electron chi connectivity index (χ0n) is 10.7. The number of hydrogen-bond donors (Lipinski definition) is 1. The van der Waals surface area contributed by atoms with Crippen LogP contribution in [0.4, 0.5) is 11.4 Å². The number of piperidine rings is 1.